The molecule has 1 saturated heterocycles. The van der Waals surface area contributed by atoms with Crippen molar-refractivity contribution in [3.05, 3.63) is 12.2 Å². The summed E-state index contributed by atoms with van der Waals surface area (Å²) >= 11 is 0. The number of hydrogen-bond donors (Lipinski definition) is 3. The molecule has 0 spiro atoms. The highest BCUT2D eigenvalue weighted by Gasteiger charge is 2.57. The summed E-state index contributed by atoms with van der Waals surface area (Å²) in [6.45, 7) is 8.41. The number of carbonyl (C=O) groups is 3. The van der Waals surface area contributed by atoms with Crippen LogP contribution in [0.3, 0.4) is 0 Å². The van der Waals surface area contributed by atoms with Crippen molar-refractivity contribution in [1.29, 1.82) is 0 Å². The molecule has 3 N–H and O–H groups in total. The number of aliphatic hydroxyl groups excluding tert-OH is 2. The monoisotopic (exact) mass is 452 g/mol. The van der Waals surface area contributed by atoms with Gasteiger partial charge in [-0.2, -0.15) is 0 Å². The van der Waals surface area contributed by atoms with Crippen molar-refractivity contribution in [2.24, 2.45) is 28.6 Å². The Bertz CT molecular complexity index is 763. The van der Waals surface area contributed by atoms with E-state index in [9.17, 15) is 24.6 Å². The van der Waals surface area contributed by atoms with Crippen molar-refractivity contribution >= 4 is 17.9 Å². The summed E-state index contributed by atoms with van der Waals surface area (Å²) < 4.78 is 10.5. The second kappa shape index (κ2) is 9.51. The van der Waals surface area contributed by atoms with Crippen LogP contribution in [0, 0.1) is 28.6 Å². The summed E-state index contributed by atoms with van der Waals surface area (Å²) in [4.78, 5) is 35.0. The third-order valence-corrected chi connectivity index (χ3v) is 8.43. The molecule has 3 rings (SSSR count). The molecule has 2 saturated carbocycles. The lowest BCUT2D eigenvalue weighted by atomic mass is 9.46. The Balaban J connectivity index is 1.70. The van der Waals surface area contributed by atoms with Crippen LogP contribution in [-0.2, 0) is 23.9 Å². The second-order valence-electron chi connectivity index (χ2n) is 10.3. The fourth-order valence-corrected chi connectivity index (χ4v) is 6.48. The molecule has 0 amide bonds. The number of carboxylic acid groups (broad SMARTS) is 1. The number of carbonyl (C=O) groups excluding carboxylic acids is 2. The summed E-state index contributed by atoms with van der Waals surface area (Å²) in [5.41, 5.74) is 0.407. The van der Waals surface area contributed by atoms with Crippen LogP contribution in [-0.4, -0.2) is 58.6 Å². The molecule has 7 atom stereocenters. The van der Waals surface area contributed by atoms with Crippen LogP contribution in [0.5, 0.6) is 0 Å². The van der Waals surface area contributed by atoms with Crippen molar-refractivity contribution in [1.82, 2.24) is 0 Å². The molecule has 0 aromatic heterocycles. The Morgan fingerprint density at radius 3 is 2.59 bits per heavy atom. The predicted molar refractivity (Wildman–Crippen MR) is 114 cm³/mol. The Labute approximate surface area is 189 Å². The fourth-order valence-electron chi connectivity index (χ4n) is 6.48. The van der Waals surface area contributed by atoms with Crippen molar-refractivity contribution in [3.63, 3.8) is 0 Å². The second-order valence-corrected chi connectivity index (χ2v) is 10.3. The fraction of sp³-hybridized carbons (Fsp3) is 0.792. The van der Waals surface area contributed by atoms with Crippen molar-refractivity contribution < 1.29 is 39.2 Å². The highest BCUT2D eigenvalue weighted by atomic mass is 16.6. The Kier molecular flexibility index (Phi) is 7.34. The highest BCUT2D eigenvalue weighted by molar-refractivity contribution is 5.78. The maximum atomic E-state index is 12.3. The van der Waals surface area contributed by atoms with Gasteiger partial charge in [0.1, 0.15) is 12.7 Å². The molecule has 1 heterocycles. The van der Waals surface area contributed by atoms with Crippen LogP contribution in [0.4, 0.5) is 0 Å². The van der Waals surface area contributed by atoms with Crippen molar-refractivity contribution in [3.8, 4) is 0 Å². The van der Waals surface area contributed by atoms with E-state index in [1.807, 2.05) is 6.92 Å². The van der Waals surface area contributed by atoms with E-state index in [1.54, 1.807) is 0 Å². The molecule has 0 aromatic carbocycles. The van der Waals surface area contributed by atoms with Gasteiger partial charge in [0.05, 0.1) is 31.5 Å². The van der Waals surface area contributed by atoms with Gasteiger partial charge in [0.2, 0.25) is 0 Å². The van der Waals surface area contributed by atoms with E-state index in [4.69, 9.17) is 14.6 Å². The molecule has 0 aromatic rings. The van der Waals surface area contributed by atoms with E-state index < -0.39 is 41.4 Å². The molecule has 1 unspecified atom stereocenters. The number of allylic oxidation sites excluding steroid dienone is 1. The van der Waals surface area contributed by atoms with E-state index >= 15 is 0 Å². The van der Waals surface area contributed by atoms with Crippen LogP contribution < -0.4 is 0 Å². The van der Waals surface area contributed by atoms with Gasteiger partial charge in [0.25, 0.3) is 0 Å². The first kappa shape index (κ1) is 24.7. The quantitative estimate of drug-likeness (QED) is 0.378. The minimum atomic E-state index is -1.08. The molecule has 3 aliphatic rings. The van der Waals surface area contributed by atoms with E-state index in [0.29, 0.717) is 19.3 Å². The zero-order valence-corrected chi connectivity index (χ0v) is 19.0. The molecule has 8 heteroatoms. The van der Waals surface area contributed by atoms with E-state index in [1.165, 1.54) is 0 Å². The SMILES string of the molecule is C=C1CC[C@@H]2[C@](C)(CO)[C@H](O)CC[C@@]2(C)[C@@H]1CCC1C(=O)OC[C@H]1OC(=O)CCC(=O)O. The molecule has 3 fully saturated rings. The van der Waals surface area contributed by atoms with Gasteiger partial charge in [-0.15, -0.1) is 0 Å². The van der Waals surface area contributed by atoms with Gasteiger partial charge in [-0.3, -0.25) is 14.4 Å². The number of rotatable bonds is 8. The lowest BCUT2D eigenvalue weighted by Crippen LogP contribution is -2.57. The minimum absolute atomic E-state index is 0.0113. The zero-order valence-electron chi connectivity index (χ0n) is 19.0. The Hall–Kier alpha value is -1.93. The maximum Gasteiger partial charge on any atom is 0.312 e. The van der Waals surface area contributed by atoms with Crippen LogP contribution in [0.1, 0.15) is 65.2 Å². The average Bonchev–Trinajstić information content (AvgIpc) is 3.08. The van der Waals surface area contributed by atoms with Gasteiger partial charge in [-0.05, 0) is 55.8 Å². The van der Waals surface area contributed by atoms with E-state index in [-0.39, 0.29) is 43.3 Å². The van der Waals surface area contributed by atoms with Gasteiger partial charge in [0, 0.05) is 5.41 Å². The van der Waals surface area contributed by atoms with Crippen LogP contribution in [0.2, 0.25) is 0 Å². The van der Waals surface area contributed by atoms with E-state index in [0.717, 1.165) is 24.8 Å². The summed E-state index contributed by atoms with van der Waals surface area (Å²) in [6.07, 6.45) is 2.45. The number of aliphatic carboxylic acids is 1. The largest absolute Gasteiger partial charge is 0.481 e. The third-order valence-electron chi connectivity index (χ3n) is 8.43. The first-order valence-corrected chi connectivity index (χ1v) is 11.6. The molecule has 0 bridgehead atoms. The van der Waals surface area contributed by atoms with E-state index in [2.05, 4.69) is 13.5 Å². The normalized spacial score (nSPS) is 39.3. The lowest BCUT2D eigenvalue weighted by molar-refractivity contribution is -0.155. The highest BCUT2D eigenvalue weighted by Crippen LogP contribution is 2.62. The Morgan fingerprint density at radius 1 is 1.22 bits per heavy atom. The standard InChI is InChI=1S/C24H36O8/c1-14-4-7-18-23(2,11-10-19(26)24(18,3)13-25)16(14)6-5-15-17(12-31-22(15)30)32-21(29)9-8-20(27)28/h15-19,25-26H,1,4-13H2,2-3H3,(H,27,28)/t15?,16-,17-,18+,19-,23+,24+/m1/s1. The van der Waals surface area contributed by atoms with Gasteiger partial charge in [0.15, 0.2) is 0 Å². The van der Waals surface area contributed by atoms with Crippen LogP contribution >= 0.6 is 0 Å². The van der Waals surface area contributed by atoms with Crippen molar-refractivity contribution in [2.75, 3.05) is 13.2 Å². The summed E-state index contributed by atoms with van der Waals surface area (Å²) in [7, 11) is 0. The number of ether oxygens (including phenoxy) is 2. The number of hydrogen-bond acceptors (Lipinski definition) is 7. The van der Waals surface area contributed by atoms with Gasteiger partial charge in [-0.1, -0.05) is 26.0 Å². The van der Waals surface area contributed by atoms with Crippen LogP contribution in [0.15, 0.2) is 12.2 Å². The number of fused-ring (bicyclic) bond motifs is 1. The molecule has 1 aliphatic heterocycles. The molecular formula is C24H36O8. The van der Waals surface area contributed by atoms with Crippen molar-refractivity contribution in [2.45, 2.75) is 77.4 Å². The van der Waals surface area contributed by atoms with Gasteiger partial charge in [-0.25, -0.2) is 0 Å². The number of esters is 2. The molecule has 0 radical (unpaired) electrons. The summed E-state index contributed by atoms with van der Waals surface area (Å²) in [5.74, 6) is -2.45. The minimum Gasteiger partial charge on any atom is -0.481 e. The summed E-state index contributed by atoms with van der Waals surface area (Å²) in [5, 5.41) is 29.5. The van der Waals surface area contributed by atoms with Gasteiger partial charge < -0.3 is 24.8 Å². The molecule has 180 valence electrons. The number of aliphatic hydroxyl groups is 2. The smallest absolute Gasteiger partial charge is 0.312 e. The topological polar surface area (TPSA) is 130 Å². The number of cyclic esters (lactones) is 1. The summed E-state index contributed by atoms with van der Waals surface area (Å²) in [6, 6.07) is 0. The Morgan fingerprint density at radius 2 is 1.94 bits per heavy atom. The third kappa shape index (κ3) is 4.57. The molecule has 2 aliphatic carbocycles. The zero-order chi connectivity index (χ0) is 23.7. The number of carboxylic acids is 1. The average molecular weight is 453 g/mol. The molecule has 8 nitrogen and oxygen atoms in total. The first-order chi connectivity index (χ1) is 15.0. The first-order valence-electron chi connectivity index (χ1n) is 11.6. The van der Waals surface area contributed by atoms with Gasteiger partial charge >= 0.3 is 17.9 Å². The molecular weight excluding hydrogens is 416 g/mol. The molecule has 32 heavy (non-hydrogen) atoms. The predicted octanol–water partition coefficient (Wildman–Crippen LogP) is 2.46. The van der Waals surface area contributed by atoms with Crippen LogP contribution in [0.25, 0.3) is 0 Å². The maximum absolute atomic E-state index is 12.3. The lowest BCUT2D eigenvalue weighted by Gasteiger charge is -2.60.